The number of hydrogen-bond acceptors (Lipinski definition) is 6. The van der Waals surface area contributed by atoms with Gasteiger partial charge in [0.1, 0.15) is 10.6 Å². The summed E-state index contributed by atoms with van der Waals surface area (Å²) in [5, 5.41) is 0.531. The van der Waals surface area contributed by atoms with Crippen molar-refractivity contribution in [1.82, 2.24) is 4.98 Å². The van der Waals surface area contributed by atoms with Crippen LogP contribution in [-0.4, -0.2) is 36.9 Å². The molecular weight excluding hydrogens is 346 g/mol. The van der Waals surface area contributed by atoms with Gasteiger partial charge in [0.15, 0.2) is 0 Å². The van der Waals surface area contributed by atoms with Crippen LogP contribution < -0.4 is 0 Å². The van der Waals surface area contributed by atoms with Crippen LogP contribution >= 0.6 is 27.7 Å². The molecule has 1 aromatic rings. The zero-order chi connectivity index (χ0) is 15.1. The number of carbonyl (C=O) groups is 2. The molecule has 20 heavy (non-hydrogen) atoms. The van der Waals surface area contributed by atoms with Crippen molar-refractivity contribution in [3.8, 4) is 0 Å². The first-order valence-corrected chi connectivity index (χ1v) is 7.72. The minimum atomic E-state index is -0.508. The molecule has 0 N–H and O–H groups in total. The summed E-state index contributed by atoms with van der Waals surface area (Å²) in [6.45, 7) is 2.01. The Labute approximate surface area is 129 Å². The number of aromatic nitrogens is 1. The highest BCUT2D eigenvalue weighted by Gasteiger charge is 2.19. The highest BCUT2D eigenvalue weighted by Crippen LogP contribution is 2.29. The van der Waals surface area contributed by atoms with E-state index < -0.39 is 11.9 Å². The maximum absolute atomic E-state index is 11.9. The second kappa shape index (κ2) is 8.06. The average Bonchev–Trinajstić information content (AvgIpc) is 2.45. The van der Waals surface area contributed by atoms with E-state index in [-0.39, 0.29) is 0 Å². The predicted molar refractivity (Wildman–Crippen MR) is 80.7 cm³/mol. The molecule has 1 rings (SSSR count). The second-order valence-electron chi connectivity index (χ2n) is 3.48. The minimum Gasteiger partial charge on any atom is -0.465 e. The van der Waals surface area contributed by atoms with Gasteiger partial charge in [0.25, 0.3) is 0 Å². The fraction of sp³-hybridized carbons (Fsp3) is 0.308. The molecule has 0 saturated heterocycles. The van der Waals surface area contributed by atoms with Gasteiger partial charge in [0.2, 0.25) is 0 Å². The number of halogens is 1. The van der Waals surface area contributed by atoms with Crippen LogP contribution in [0.2, 0.25) is 0 Å². The van der Waals surface area contributed by atoms with Crippen LogP contribution in [0.1, 0.15) is 22.8 Å². The lowest BCUT2D eigenvalue weighted by Crippen LogP contribution is -2.08. The molecule has 0 aliphatic heterocycles. The maximum Gasteiger partial charge on any atom is 0.341 e. The Morgan fingerprint density at radius 1 is 1.50 bits per heavy atom. The van der Waals surface area contributed by atoms with Gasteiger partial charge in [-0.1, -0.05) is 0 Å². The van der Waals surface area contributed by atoms with Gasteiger partial charge < -0.3 is 9.47 Å². The van der Waals surface area contributed by atoms with Crippen LogP contribution in [0.4, 0.5) is 0 Å². The van der Waals surface area contributed by atoms with Crippen LogP contribution in [0.5, 0.6) is 0 Å². The van der Waals surface area contributed by atoms with Crippen molar-refractivity contribution in [2.45, 2.75) is 11.9 Å². The van der Waals surface area contributed by atoms with Crippen molar-refractivity contribution in [2.75, 3.05) is 20.0 Å². The summed E-state index contributed by atoms with van der Waals surface area (Å²) in [7, 11) is 1.30. The molecular formula is C13H14BrNO4S. The predicted octanol–water partition coefficient (Wildman–Crippen LogP) is 2.93. The van der Waals surface area contributed by atoms with E-state index in [4.69, 9.17) is 9.47 Å². The number of pyridine rings is 1. The fourth-order valence-corrected chi connectivity index (χ4v) is 2.43. The Kier molecular flexibility index (Phi) is 6.74. The Balaban J connectivity index is 3.29. The van der Waals surface area contributed by atoms with Gasteiger partial charge in [-0.05, 0) is 35.2 Å². The lowest BCUT2D eigenvalue weighted by atomic mass is 10.1. The van der Waals surface area contributed by atoms with Gasteiger partial charge in [0.05, 0.1) is 13.7 Å². The summed E-state index contributed by atoms with van der Waals surface area (Å²) in [6.07, 6.45) is 6.15. The van der Waals surface area contributed by atoms with Gasteiger partial charge >= 0.3 is 11.9 Å². The molecule has 0 spiro atoms. The standard InChI is InChI=1S/C13H14BrNO4S/c1-4-19-10(16)6-5-8-9(14)7-15-12(20-3)11(8)13(17)18-2/h5-7H,4H2,1-3H3. The van der Waals surface area contributed by atoms with Crippen molar-refractivity contribution in [1.29, 1.82) is 0 Å². The van der Waals surface area contributed by atoms with Crippen molar-refractivity contribution >= 4 is 45.7 Å². The van der Waals surface area contributed by atoms with Gasteiger partial charge in [-0.15, -0.1) is 11.8 Å². The topological polar surface area (TPSA) is 65.5 Å². The van der Waals surface area contributed by atoms with Crippen molar-refractivity contribution in [3.05, 3.63) is 27.9 Å². The minimum absolute atomic E-state index is 0.292. The summed E-state index contributed by atoms with van der Waals surface area (Å²) >= 11 is 4.64. The summed E-state index contributed by atoms with van der Waals surface area (Å²) in [6, 6.07) is 0. The van der Waals surface area contributed by atoms with Crippen LogP contribution in [0.3, 0.4) is 0 Å². The maximum atomic E-state index is 11.9. The lowest BCUT2D eigenvalue weighted by Gasteiger charge is -2.10. The smallest absolute Gasteiger partial charge is 0.341 e. The Morgan fingerprint density at radius 3 is 2.75 bits per heavy atom. The fourth-order valence-electron chi connectivity index (χ4n) is 1.44. The van der Waals surface area contributed by atoms with E-state index in [9.17, 15) is 9.59 Å². The molecule has 0 fully saturated rings. The summed E-state index contributed by atoms with van der Waals surface area (Å²) in [5.41, 5.74) is 0.846. The molecule has 0 atom stereocenters. The van der Waals surface area contributed by atoms with E-state index >= 15 is 0 Å². The van der Waals surface area contributed by atoms with Crippen molar-refractivity contribution in [2.24, 2.45) is 0 Å². The van der Waals surface area contributed by atoms with E-state index in [0.717, 1.165) is 0 Å². The van der Waals surface area contributed by atoms with E-state index in [1.54, 1.807) is 13.1 Å². The Morgan fingerprint density at radius 2 is 2.20 bits per heavy atom. The van der Waals surface area contributed by atoms with E-state index in [1.807, 2.05) is 6.26 Å². The number of nitrogens with zero attached hydrogens (tertiary/aromatic N) is 1. The Hall–Kier alpha value is -1.34. The monoisotopic (exact) mass is 359 g/mol. The molecule has 0 saturated carbocycles. The number of carbonyl (C=O) groups excluding carboxylic acids is 2. The molecule has 7 heteroatoms. The molecule has 0 amide bonds. The van der Waals surface area contributed by atoms with Gasteiger partial charge in [-0.25, -0.2) is 14.6 Å². The third-order valence-electron chi connectivity index (χ3n) is 2.29. The first kappa shape index (κ1) is 16.7. The zero-order valence-electron chi connectivity index (χ0n) is 11.3. The number of esters is 2. The van der Waals surface area contributed by atoms with Crippen molar-refractivity contribution < 1.29 is 19.1 Å². The number of thioether (sulfide) groups is 1. The highest BCUT2D eigenvalue weighted by atomic mass is 79.9. The molecule has 0 aliphatic rings. The third-order valence-corrected chi connectivity index (χ3v) is 3.62. The molecule has 0 bridgehead atoms. The lowest BCUT2D eigenvalue weighted by molar-refractivity contribution is -0.137. The van der Waals surface area contributed by atoms with Crippen LogP contribution in [0.25, 0.3) is 6.08 Å². The molecule has 0 aromatic carbocycles. The van der Waals surface area contributed by atoms with Crippen LogP contribution in [-0.2, 0) is 14.3 Å². The number of rotatable bonds is 5. The van der Waals surface area contributed by atoms with Gasteiger partial charge in [0, 0.05) is 22.3 Å². The third kappa shape index (κ3) is 4.08. The molecule has 0 unspecified atom stereocenters. The summed E-state index contributed by atoms with van der Waals surface area (Å²) < 4.78 is 10.2. The molecule has 0 radical (unpaired) electrons. The normalized spacial score (nSPS) is 10.6. The molecule has 0 aliphatic carbocycles. The zero-order valence-corrected chi connectivity index (χ0v) is 13.7. The largest absolute Gasteiger partial charge is 0.465 e. The van der Waals surface area contributed by atoms with E-state index in [2.05, 4.69) is 20.9 Å². The van der Waals surface area contributed by atoms with Crippen LogP contribution in [0, 0.1) is 0 Å². The molecule has 5 nitrogen and oxygen atoms in total. The Bertz CT molecular complexity index is 545. The molecule has 1 heterocycles. The first-order chi connectivity index (χ1) is 9.54. The number of hydrogen-bond donors (Lipinski definition) is 0. The van der Waals surface area contributed by atoms with Gasteiger partial charge in [-0.3, -0.25) is 0 Å². The van der Waals surface area contributed by atoms with E-state index in [0.29, 0.717) is 27.2 Å². The average molecular weight is 360 g/mol. The quantitative estimate of drug-likeness (QED) is 0.457. The van der Waals surface area contributed by atoms with Crippen molar-refractivity contribution in [3.63, 3.8) is 0 Å². The summed E-state index contributed by atoms with van der Waals surface area (Å²) in [5.74, 6) is -0.982. The first-order valence-electron chi connectivity index (χ1n) is 5.70. The number of ether oxygens (including phenoxy) is 2. The molecule has 108 valence electrons. The molecule has 1 aromatic heterocycles. The van der Waals surface area contributed by atoms with Gasteiger partial charge in [-0.2, -0.15) is 0 Å². The van der Waals surface area contributed by atoms with Crippen LogP contribution in [0.15, 0.2) is 21.8 Å². The number of methoxy groups -OCH3 is 1. The second-order valence-corrected chi connectivity index (χ2v) is 5.13. The summed E-state index contributed by atoms with van der Waals surface area (Å²) in [4.78, 5) is 27.4. The highest BCUT2D eigenvalue weighted by molar-refractivity contribution is 9.10. The van der Waals surface area contributed by atoms with E-state index in [1.165, 1.54) is 31.0 Å². The SMILES string of the molecule is CCOC(=O)C=Cc1c(Br)cnc(SC)c1C(=O)OC.